The van der Waals surface area contributed by atoms with E-state index >= 15 is 0 Å². The summed E-state index contributed by atoms with van der Waals surface area (Å²) in [5.41, 5.74) is 0.957. The summed E-state index contributed by atoms with van der Waals surface area (Å²) in [7, 11) is 0. The Kier molecular flexibility index (Phi) is 4.18. The van der Waals surface area contributed by atoms with Crippen molar-refractivity contribution in [2.24, 2.45) is 5.92 Å². The van der Waals surface area contributed by atoms with Crippen molar-refractivity contribution in [1.82, 2.24) is 9.88 Å². The zero-order valence-electron chi connectivity index (χ0n) is 11.1. The van der Waals surface area contributed by atoms with Crippen molar-refractivity contribution < 1.29 is 4.79 Å². The molecule has 1 N–H and O–H groups in total. The molecule has 98 valence electrons. The smallest absolute Gasteiger partial charge is 0.223 e. The Hall–Kier alpha value is -1.58. The minimum Gasteiger partial charge on any atom is -0.370 e. The molecule has 1 aromatic rings. The third-order valence-electron chi connectivity index (χ3n) is 3.39. The number of carbonyl (C=O) groups excluding carboxylic acids is 1. The number of aromatic nitrogens is 1. The highest BCUT2D eigenvalue weighted by Gasteiger charge is 2.28. The molecule has 4 heteroatoms. The zero-order chi connectivity index (χ0) is 13.0. The van der Waals surface area contributed by atoms with Gasteiger partial charge in [0.1, 0.15) is 5.82 Å². The number of hydrogen-bond donors (Lipinski definition) is 1. The second kappa shape index (κ2) is 5.85. The van der Waals surface area contributed by atoms with E-state index in [1.165, 1.54) is 0 Å². The SMILES string of the molecule is CCNc1cccc(CN2CC(CC)CC2=O)n1. The van der Waals surface area contributed by atoms with E-state index in [1.54, 1.807) is 0 Å². The van der Waals surface area contributed by atoms with Gasteiger partial charge in [-0.25, -0.2) is 4.98 Å². The van der Waals surface area contributed by atoms with Crippen molar-refractivity contribution in [3.63, 3.8) is 0 Å². The summed E-state index contributed by atoms with van der Waals surface area (Å²) in [4.78, 5) is 18.3. The fourth-order valence-corrected chi connectivity index (χ4v) is 2.32. The van der Waals surface area contributed by atoms with E-state index in [-0.39, 0.29) is 5.91 Å². The average molecular weight is 247 g/mol. The summed E-state index contributed by atoms with van der Waals surface area (Å²) >= 11 is 0. The average Bonchev–Trinajstić information content (AvgIpc) is 2.71. The van der Waals surface area contributed by atoms with Gasteiger partial charge in [-0.2, -0.15) is 0 Å². The van der Waals surface area contributed by atoms with Crippen molar-refractivity contribution in [1.29, 1.82) is 0 Å². The van der Waals surface area contributed by atoms with Crippen LogP contribution in [0.4, 0.5) is 5.82 Å². The van der Waals surface area contributed by atoms with E-state index in [1.807, 2.05) is 30.0 Å². The summed E-state index contributed by atoms with van der Waals surface area (Å²) in [6, 6.07) is 5.92. The molecule has 1 atom stereocenters. The predicted molar refractivity (Wildman–Crippen MR) is 72.2 cm³/mol. The molecule has 2 heterocycles. The second-order valence-electron chi connectivity index (χ2n) is 4.80. The number of nitrogens with one attached hydrogen (secondary N) is 1. The first-order valence-electron chi connectivity index (χ1n) is 6.70. The Morgan fingerprint density at radius 2 is 2.28 bits per heavy atom. The van der Waals surface area contributed by atoms with Crippen molar-refractivity contribution in [2.45, 2.75) is 33.2 Å². The van der Waals surface area contributed by atoms with Gasteiger partial charge in [0.25, 0.3) is 0 Å². The van der Waals surface area contributed by atoms with Crippen LogP contribution < -0.4 is 5.32 Å². The van der Waals surface area contributed by atoms with Crippen molar-refractivity contribution in [3.8, 4) is 0 Å². The molecule has 1 unspecified atom stereocenters. The summed E-state index contributed by atoms with van der Waals surface area (Å²) in [6.07, 6.45) is 1.77. The van der Waals surface area contributed by atoms with Gasteiger partial charge in [0.15, 0.2) is 0 Å². The first kappa shape index (κ1) is 12.9. The van der Waals surface area contributed by atoms with Crippen LogP contribution in [0.15, 0.2) is 18.2 Å². The fourth-order valence-electron chi connectivity index (χ4n) is 2.32. The normalized spacial score (nSPS) is 19.3. The van der Waals surface area contributed by atoms with Gasteiger partial charge in [0, 0.05) is 19.5 Å². The molecule has 1 amide bonds. The van der Waals surface area contributed by atoms with Gasteiger partial charge >= 0.3 is 0 Å². The highest BCUT2D eigenvalue weighted by molar-refractivity contribution is 5.78. The number of anilines is 1. The molecule has 4 nitrogen and oxygen atoms in total. The number of hydrogen-bond acceptors (Lipinski definition) is 3. The van der Waals surface area contributed by atoms with Gasteiger partial charge in [-0.05, 0) is 25.0 Å². The predicted octanol–water partition coefficient (Wildman–Crippen LogP) is 2.27. The Morgan fingerprint density at radius 1 is 1.44 bits per heavy atom. The summed E-state index contributed by atoms with van der Waals surface area (Å²) < 4.78 is 0. The molecular weight excluding hydrogens is 226 g/mol. The molecule has 2 rings (SSSR count). The molecule has 1 aromatic heterocycles. The Morgan fingerprint density at radius 3 is 2.94 bits per heavy atom. The lowest BCUT2D eigenvalue weighted by atomic mass is 10.1. The Bertz CT molecular complexity index is 419. The molecule has 0 aromatic carbocycles. The maximum Gasteiger partial charge on any atom is 0.223 e. The highest BCUT2D eigenvalue weighted by Crippen LogP contribution is 2.22. The third-order valence-corrected chi connectivity index (χ3v) is 3.39. The van der Waals surface area contributed by atoms with E-state index in [0.29, 0.717) is 18.9 Å². The lowest BCUT2D eigenvalue weighted by molar-refractivity contribution is -0.128. The van der Waals surface area contributed by atoms with Crippen LogP contribution in [0.5, 0.6) is 0 Å². The number of carbonyl (C=O) groups is 1. The Balaban J connectivity index is 2.01. The monoisotopic (exact) mass is 247 g/mol. The number of likely N-dealkylation sites (tertiary alicyclic amines) is 1. The molecule has 0 saturated carbocycles. The highest BCUT2D eigenvalue weighted by atomic mass is 16.2. The van der Waals surface area contributed by atoms with Gasteiger partial charge in [-0.15, -0.1) is 0 Å². The van der Waals surface area contributed by atoms with Crippen LogP contribution in [-0.2, 0) is 11.3 Å². The molecule has 1 aliphatic heterocycles. The molecule has 1 fully saturated rings. The summed E-state index contributed by atoms with van der Waals surface area (Å²) in [5, 5.41) is 3.19. The lowest BCUT2D eigenvalue weighted by Crippen LogP contribution is -2.25. The topological polar surface area (TPSA) is 45.2 Å². The van der Waals surface area contributed by atoms with Crippen LogP contribution in [0, 0.1) is 5.92 Å². The third kappa shape index (κ3) is 3.00. The molecule has 0 spiro atoms. The molecule has 1 aliphatic rings. The molecule has 1 saturated heterocycles. The van der Waals surface area contributed by atoms with Crippen molar-refractivity contribution in [3.05, 3.63) is 23.9 Å². The first-order valence-corrected chi connectivity index (χ1v) is 6.70. The van der Waals surface area contributed by atoms with Crippen LogP contribution in [0.2, 0.25) is 0 Å². The number of pyridine rings is 1. The van der Waals surface area contributed by atoms with Gasteiger partial charge < -0.3 is 10.2 Å². The number of nitrogens with zero attached hydrogens (tertiary/aromatic N) is 2. The van der Waals surface area contributed by atoms with Crippen molar-refractivity contribution in [2.75, 3.05) is 18.4 Å². The number of rotatable bonds is 5. The second-order valence-corrected chi connectivity index (χ2v) is 4.80. The van der Waals surface area contributed by atoms with E-state index in [2.05, 4.69) is 17.2 Å². The molecule has 0 radical (unpaired) electrons. The largest absolute Gasteiger partial charge is 0.370 e. The quantitative estimate of drug-likeness (QED) is 0.868. The fraction of sp³-hybridized carbons (Fsp3) is 0.571. The maximum absolute atomic E-state index is 11.8. The lowest BCUT2D eigenvalue weighted by Gasteiger charge is -2.16. The van der Waals surface area contributed by atoms with E-state index in [9.17, 15) is 4.79 Å². The van der Waals surface area contributed by atoms with E-state index < -0.39 is 0 Å². The molecule has 18 heavy (non-hydrogen) atoms. The van der Waals surface area contributed by atoms with E-state index in [0.717, 1.165) is 31.0 Å². The summed E-state index contributed by atoms with van der Waals surface area (Å²) in [6.45, 7) is 6.56. The maximum atomic E-state index is 11.8. The molecule has 0 bridgehead atoms. The van der Waals surface area contributed by atoms with Crippen LogP contribution in [0.1, 0.15) is 32.4 Å². The van der Waals surface area contributed by atoms with Crippen molar-refractivity contribution >= 4 is 11.7 Å². The van der Waals surface area contributed by atoms with Gasteiger partial charge in [0.2, 0.25) is 5.91 Å². The number of amides is 1. The van der Waals surface area contributed by atoms with Gasteiger partial charge in [0.05, 0.1) is 12.2 Å². The van der Waals surface area contributed by atoms with E-state index in [4.69, 9.17) is 0 Å². The molecular formula is C14H21N3O. The first-order chi connectivity index (χ1) is 8.72. The van der Waals surface area contributed by atoms with Crippen LogP contribution in [-0.4, -0.2) is 28.9 Å². The minimum absolute atomic E-state index is 0.262. The van der Waals surface area contributed by atoms with Crippen LogP contribution in [0.3, 0.4) is 0 Å². The minimum atomic E-state index is 0.262. The standard InChI is InChI=1S/C14H21N3O/c1-3-11-8-14(18)17(9-11)10-12-6-5-7-13(16-12)15-4-2/h5-7,11H,3-4,8-10H2,1-2H3,(H,15,16). The Labute approximate surface area is 108 Å². The van der Waals surface area contributed by atoms with Gasteiger partial charge in [-0.1, -0.05) is 19.4 Å². The van der Waals surface area contributed by atoms with Crippen LogP contribution >= 0.6 is 0 Å². The van der Waals surface area contributed by atoms with Gasteiger partial charge in [-0.3, -0.25) is 4.79 Å². The summed E-state index contributed by atoms with van der Waals surface area (Å²) in [5.74, 6) is 1.67. The van der Waals surface area contributed by atoms with Crippen LogP contribution in [0.25, 0.3) is 0 Å². The zero-order valence-corrected chi connectivity index (χ0v) is 11.1. The molecule has 0 aliphatic carbocycles.